The number of unbranched alkanes of at least 4 members (excludes halogenated alkanes) is 36. The van der Waals surface area contributed by atoms with Gasteiger partial charge in [0.1, 0.15) is 13.2 Å². The van der Waals surface area contributed by atoms with Gasteiger partial charge in [-0.15, -0.1) is 0 Å². The third-order valence-electron chi connectivity index (χ3n) is 15.1. The Hall–Kier alpha value is -3.67. The lowest BCUT2D eigenvalue weighted by Gasteiger charge is -2.18. The highest BCUT2D eigenvalue weighted by atomic mass is 16.6. The van der Waals surface area contributed by atoms with Crippen LogP contribution in [0.25, 0.3) is 0 Å². The maximum absolute atomic E-state index is 12.9. The van der Waals surface area contributed by atoms with Gasteiger partial charge in [-0.1, -0.05) is 336 Å². The normalized spacial score (nSPS) is 12.7. The average molecular weight is 1130 g/mol. The van der Waals surface area contributed by atoms with Crippen LogP contribution >= 0.6 is 0 Å². The quantitative estimate of drug-likeness (QED) is 0.0261. The summed E-state index contributed by atoms with van der Waals surface area (Å²) in [7, 11) is 0. The second kappa shape index (κ2) is 68.8. The van der Waals surface area contributed by atoms with Crippen LogP contribution in [0.15, 0.2) is 97.2 Å². The van der Waals surface area contributed by atoms with Gasteiger partial charge in [0, 0.05) is 19.3 Å². The van der Waals surface area contributed by atoms with E-state index in [0.29, 0.717) is 19.3 Å². The van der Waals surface area contributed by atoms with E-state index in [1.165, 1.54) is 180 Å². The molecule has 6 nitrogen and oxygen atoms in total. The molecule has 0 aromatic carbocycles. The summed E-state index contributed by atoms with van der Waals surface area (Å²) < 4.78 is 17.0. The summed E-state index contributed by atoms with van der Waals surface area (Å²) in [5, 5.41) is 0. The minimum Gasteiger partial charge on any atom is -0.462 e. The van der Waals surface area contributed by atoms with Gasteiger partial charge in [-0.25, -0.2) is 0 Å². The van der Waals surface area contributed by atoms with Crippen LogP contribution in [0.1, 0.15) is 342 Å². The Morgan fingerprint density at radius 1 is 0.259 bits per heavy atom. The average Bonchev–Trinajstić information content (AvgIpc) is 3.47. The van der Waals surface area contributed by atoms with Crippen molar-refractivity contribution in [2.75, 3.05) is 13.2 Å². The first-order chi connectivity index (χ1) is 40.0. The molecular formula is C75H130O6. The molecule has 0 aliphatic carbocycles. The highest BCUT2D eigenvalue weighted by Gasteiger charge is 2.19. The van der Waals surface area contributed by atoms with Crippen LogP contribution in [0.4, 0.5) is 0 Å². The number of carbonyl (C=O) groups is 3. The highest BCUT2D eigenvalue weighted by molar-refractivity contribution is 5.71. The maximum atomic E-state index is 12.9. The number of carbonyl (C=O) groups excluding carboxylic acids is 3. The topological polar surface area (TPSA) is 78.9 Å². The lowest BCUT2D eigenvalue weighted by Crippen LogP contribution is -2.30. The lowest BCUT2D eigenvalue weighted by atomic mass is 10.0. The Kier molecular flexibility index (Phi) is 65.7. The number of allylic oxidation sites excluding steroid dienone is 16. The van der Waals surface area contributed by atoms with Crippen molar-refractivity contribution in [2.24, 2.45) is 0 Å². The Morgan fingerprint density at radius 2 is 0.481 bits per heavy atom. The fourth-order valence-electron chi connectivity index (χ4n) is 9.93. The second-order valence-corrected chi connectivity index (χ2v) is 23.1. The molecule has 0 aliphatic heterocycles. The first kappa shape index (κ1) is 77.3. The van der Waals surface area contributed by atoms with E-state index in [-0.39, 0.29) is 31.1 Å². The molecule has 0 spiro atoms. The van der Waals surface area contributed by atoms with Crippen molar-refractivity contribution in [3.8, 4) is 0 Å². The third-order valence-corrected chi connectivity index (χ3v) is 15.1. The van der Waals surface area contributed by atoms with E-state index >= 15 is 0 Å². The van der Waals surface area contributed by atoms with E-state index in [2.05, 4.69) is 118 Å². The summed E-state index contributed by atoms with van der Waals surface area (Å²) in [6, 6.07) is 0. The van der Waals surface area contributed by atoms with Crippen LogP contribution in [-0.2, 0) is 28.6 Å². The fraction of sp³-hybridized carbons (Fsp3) is 0.747. The molecule has 0 heterocycles. The van der Waals surface area contributed by atoms with Crippen molar-refractivity contribution in [1.29, 1.82) is 0 Å². The smallest absolute Gasteiger partial charge is 0.306 e. The minimum absolute atomic E-state index is 0.0768. The zero-order valence-electron chi connectivity index (χ0n) is 53.5. The summed E-state index contributed by atoms with van der Waals surface area (Å²) in [6.07, 6.45) is 92.8. The Bertz CT molecular complexity index is 1580. The highest BCUT2D eigenvalue weighted by Crippen LogP contribution is 2.17. The number of esters is 3. The van der Waals surface area contributed by atoms with Crippen LogP contribution in [0.2, 0.25) is 0 Å². The van der Waals surface area contributed by atoms with Crippen molar-refractivity contribution in [3.05, 3.63) is 97.2 Å². The zero-order chi connectivity index (χ0) is 58.5. The molecule has 0 saturated carbocycles. The summed E-state index contributed by atoms with van der Waals surface area (Å²) in [6.45, 7) is 6.56. The molecule has 0 amide bonds. The van der Waals surface area contributed by atoms with Crippen LogP contribution in [0.5, 0.6) is 0 Å². The van der Waals surface area contributed by atoms with E-state index in [0.717, 1.165) is 122 Å². The Labute approximate surface area is 502 Å². The number of hydrogen-bond acceptors (Lipinski definition) is 6. The van der Waals surface area contributed by atoms with E-state index in [1.54, 1.807) is 0 Å². The lowest BCUT2D eigenvalue weighted by molar-refractivity contribution is -0.167. The largest absolute Gasteiger partial charge is 0.462 e. The number of rotatable bonds is 63. The fourth-order valence-corrected chi connectivity index (χ4v) is 9.93. The van der Waals surface area contributed by atoms with Gasteiger partial charge in [-0.05, 0) is 83.5 Å². The molecule has 1 atom stereocenters. The predicted molar refractivity (Wildman–Crippen MR) is 353 cm³/mol. The minimum atomic E-state index is -0.782. The molecular weight excluding hydrogens is 997 g/mol. The van der Waals surface area contributed by atoms with E-state index in [9.17, 15) is 14.4 Å². The predicted octanol–water partition coefficient (Wildman–Crippen LogP) is 24.0. The molecule has 0 aromatic rings. The van der Waals surface area contributed by atoms with Crippen LogP contribution in [0, 0.1) is 0 Å². The standard InChI is InChI=1S/C75H130O6/c1-4-7-10-13-16-19-22-25-28-31-32-33-34-35-36-37-38-39-40-41-42-43-44-45-48-50-53-56-59-62-65-68-74(77)80-71-72(81-75(78)69-66-63-60-57-54-51-47-30-27-24-21-18-15-12-9-6-3)70-79-73(76)67-64-61-58-55-52-49-46-29-26-23-20-17-14-11-8-5-2/h7,10,16,19,25,28,32-33,35-36,38-39,41-42,44-45,72H,4-6,8-9,11-15,17-18,20-24,26-27,29-31,34,37,40,43,46-71H2,1-3H3/b10-7-,19-16-,28-25-,33-32-,36-35-,39-38-,42-41-,45-44-. The van der Waals surface area contributed by atoms with E-state index in [1.807, 2.05) is 0 Å². The molecule has 6 heteroatoms. The van der Waals surface area contributed by atoms with Gasteiger partial charge < -0.3 is 14.2 Å². The van der Waals surface area contributed by atoms with Gasteiger partial charge in [0.05, 0.1) is 0 Å². The van der Waals surface area contributed by atoms with Crippen LogP contribution in [-0.4, -0.2) is 37.2 Å². The summed E-state index contributed by atoms with van der Waals surface area (Å²) in [5.41, 5.74) is 0. The summed E-state index contributed by atoms with van der Waals surface area (Å²) in [4.78, 5) is 38.4. The van der Waals surface area contributed by atoms with E-state index in [4.69, 9.17) is 14.2 Å². The van der Waals surface area contributed by atoms with Crippen molar-refractivity contribution in [2.45, 2.75) is 348 Å². The molecule has 0 aliphatic rings. The Balaban J connectivity index is 4.32. The number of hydrogen-bond donors (Lipinski definition) is 0. The number of ether oxygens (including phenoxy) is 3. The van der Waals surface area contributed by atoms with E-state index < -0.39 is 6.10 Å². The monoisotopic (exact) mass is 1130 g/mol. The summed E-state index contributed by atoms with van der Waals surface area (Å²) in [5.74, 6) is -0.873. The second-order valence-electron chi connectivity index (χ2n) is 23.1. The first-order valence-electron chi connectivity index (χ1n) is 34.7. The van der Waals surface area contributed by atoms with Crippen molar-refractivity contribution < 1.29 is 28.6 Å². The molecule has 0 rings (SSSR count). The molecule has 466 valence electrons. The first-order valence-corrected chi connectivity index (χ1v) is 34.7. The maximum Gasteiger partial charge on any atom is 0.306 e. The molecule has 81 heavy (non-hydrogen) atoms. The molecule has 0 bridgehead atoms. The van der Waals surface area contributed by atoms with Gasteiger partial charge in [0.2, 0.25) is 0 Å². The zero-order valence-corrected chi connectivity index (χ0v) is 53.5. The molecule has 1 unspecified atom stereocenters. The van der Waals surface area contributed by atoms with Gasteiger partial charge in [-0.2, -0.15) is 0 Å². The van der Waals surface area contributed by atoms with Crippen molar-refractivity contribution in [1.82, 2.24) is 0 Å². The SMILES string of the molecule is CC/C=C\C/C=C\C/C=C\C/C=C\C/C=C\C/C=C\C/C=C\C/C=C\CCCCCCCCC(=O)OCC(COC(=O)CCCCCCCCCCCCCCCCCC)OC(=O)CCCCCCCCCCCCCCCCCC. The third kappa shape index (κ3) is 67.0. The van der Waals surface area contributed by atoms with Gasteiger partial charge in [-0.3, -0.25) is 14.4 Å². The molecule has 0 fully saturated rings. The van der Waals surface area contributed by atoms with Gasteiger partial charge in [0.25, 0.3) is 0 Å². The van der Waals surface area contributed by atoms with Crippen molar-refractivity contribution in [3.63, 3.8) is 0 Å². The molecule has 0 saturated heterocycles. The van der Waals surface area contributed by atoms with Crippen molar-refractivity contribution >= 4 is 17.9 Å². The molecule has 0 aromatic heterocycles. The Morgan fingerprint density at radius 3 is 0.753 bits per heavy atom. The van der Waals surface area contributed by atoms with Crippen LogP contribution in [0.3, 0.4) is 0 Å². The van der Waals surface area contributed by atoms with Gasteiger partial charge >= 0.3 is 17.9 Å². The molecule has 0 N–H and O–H groups in total. The van der Waals surface area contributed by atoms with Crippen LogP contribution < -0.4 is 0 Å². The van der Waals surface area contributed by atoms with Gasteiger partial charge in [0.15, 0.2) is 6.10 Å². The summed E-state index contributed by atoms with van der Waals surface area (Å²) >= 11 is 0. The molecule has 0 radical (unpaired) electrons.